The van der Waals surface area contributed by atoms with Crippen molar-refractivity contribution >= 4 is 17.9 Å². The number of ether oxygens (including phenoxy) is 3. The molecule has 0 saturated heterocycles. The molecule has 0 N–H and O–H groups in total. The first-order valence-electron chi connectivity index (χ1n) is 25.7. The Morgan fingerprint density at radius 3 is 1.23 bits per heavy atom. The molecule has 1 atom stereocenters. The van der Waals surface area contributed by atoms with Crippen LogP contribution in [0.3, 0.4) is 0 Å². The first-order valence-corrected chi connectivity index (χ1v) is 25.7. The van der Waals surface area contributed by atoms with Crippen molar-refractivity contribution in [3.8, 4) is 0 Å². The van der Waals surface area contributed by atoms with Crippen LogP contribution >= 0.6 is 0 Å². The number of unbranched alkanes of at least 4 members (excludes halogenated alkanes) is 14. The van der Waals surface area contributed by atoms with Gasteiger partial charge in [0.05, 0.1) is 0 Å². The minimum Gasteiger partial charge on any atom is -0.462 e. The molecule has 65 heavy (non-hydrogen) atoms. The lowest BCUT2D eigenvalue weighted by atomic mass is 10.1. The van der Waals surface area contributed by atoms with E-state index in [0.29, 0.717) is 19.3 Å². The minimum atomic E-state index is -0.831. The zero-order valence-corrected chi connectivity index (χ0v) is 41.4. The summed E-state index contributed by atoms with van der Waals surface area (Å²) in [4.78, 5) is 37.9. The summed E-state index contributed by atoms with van der Waals surface area (Å²) in [5.74, 6) is -1.06. The number of carbonyl (C=O) groups is 3. The predicted octanol–water partition coefficient (Wildman–Crippen LogP) is 17.1. The zero-order chi connectivity index (χ0) is 47.2. The van der Waals surface area contributed by atoms with Gasteiger partial charge < -0.3 is 14.2 Å². The standard InChI is InChI=1S/C59H92O6/c1-4-7-10-13-16-19-22-25-27-28-29-30-32-34-37-40-43-46-49-52-58(61)64-55-56(54-63-57(60)51-48-45-42-39-36-33-24-21-18-15-12-9-6-3)65-59(62)53-50-47-44-41-38-35-31-26-23-20-17-14-11-8-5-2/h7,9-10,12,15-16,18-21,23-25,27,29-30,33-34,36-37,43,46,56H,4-6,8,11,13-14,17,22,26,28,31-32,35,38-42,44-45,47-55H2,1-3H3/b10-7+,12-9+,18-15+,19-16+,23-20+,24-21+,27-25+,30-29+,36-33+,37-34+,46-43+. The van der Waals surface area contributed by atoms with E-state index in [0.717, 1.165) is 89.9 Å². The minimum absolute atomic E-state index is 0.128. The molecule has 0 aromatic heterocycles. The molecule has 0 aliphatic heterocycles. The van der Waals surface area contributed by atoms with E-state index in [9.17, 15) is 14.4 Å². The van der Waals surface area contributed by atoms with Crippen LogP contribution in [-0.2, 0) is 28.6 Å². The Bertz CT molecular complexity index is 1450. The van der Waals surface area contributed by atoms with Crippen LogP contribution in [-0.4, -0.2) is 37.2 Å². The molecule has 0 radical (unpaired) electrons. The van der Waals surface area contributed by atoms with E-state index in [4.69, 9.17) is 14.2 Å². The summed E-state index contributed by atoms with van der Waals surface area (Å²) in [7, 11) is 0. The molecule has 0 spiro atoms. The zero-order valence-electron chi connectivity index (χ0n) is 41.4. The van der Waals surface area contributed by atoms with Crippen molar-refractivity contribution < 1.29 is 28.6 Å². The van der Waals surface area contributed by atoms with Crippen molar-refractivity contribution in [2.24, 2.45) is 0 Å². The summed E-state index contributed by atoms with van der Waals surface area (Å²) >= 11 is 0. The maximum atomic E-state index is 12.8. The average Bonchev–Trinajstić information content (AvgIpc) is 3.30. The summed E-state index contributed by atoms with van der Waals surface area (Å²) in [6.07, 6.45) is 73.0. The van der Waals surface area contributed by atoms with E-state index in [-0.39, 0.29) is 37.5 Å². The van der Waals surface area contributed by atoms with Crippen molar-refractivity contribution in [2.45, 2.75) is 207 Å². The van der Waals surface area contributed by atoms with Gasteiger partial charge >= 0.3 is 17.9 Å². The highest BCUT2D eigenvalue weighted by Gasteiger charge is 2.19. The Balaban J connectivity index is 4.58. The summed E-state index contributed by atoms with van der Waals surface area (Å²) in [5, 5.41) is 0. The number of hydrogen-bond acceptors (Lipinski definition) is 6. The van der Waals surface area contributed by atoms with Crippen molar-refractivity contribution in [1.82, 2.24) is 0 Å². The normalized spacial score (nSPS) is 13.2. The van der Waals surface area contributed by atoms with Crippen LogP contribution in [0.5, 0.6) is 0 Å². The fourth-order valence-corrected chi connectivity index (χ4v) is 6.41. The SMILES string of the molecule is CC/C=C/C=C/C=C/C=C/CCCCCC(=O)OCC(COC(=O)CC/C=C/C/C=C/C/C=C/C/C=C/C/C=C/C/C=C/CC)OC(=O)CCCCCCCCC/C=C/CCCCCC. The van der Waals surface area contributed by atoms with Crippen molar-refractivity contribution in [3.05, 3.63) is 134 Å². The second-order valence-corrected chi connectivity index (χ2v) is 16.4. The molecule has 0 saturated carbocycles. The molecular formula is C59H92O6. The molecule has 6 heteroatoms. The van der Waals surface area contributed by atoms with Crippen LogP contribution in [0, 0.1) is 0 Å². The molecule has 0 bridgehead atoms. The van der Waals surface area contributed by atoms with E-state index >= 15 is 0 Å². The van der Waals surface area contributed by atoms with Crippen molar-refractivity contribution in [3.63, 3.8) is 0 Å². The summed E-state index contributed by atoms with van der Waals surface area (Å²) in [6, 6.07) is 0. The van der Waals surface area contributed by atoms with Gasteiger partial charge in [0.25, 0.3) is 0 Å². The van der Waals surface area contributed by atoms with E-state index in [2.05, 4.69) is 106 Å². The second-order valence-electron chi connectivity index (χ2n) is 16.4. The average molecular weight is 897 g/mol. The van der Waals surface area contributed by atoms with E-state index in [1.165, 1.54) is 64.2 Å². The van der Waals surface area contributed by atoms with Crippen LogP contribution in [0.1, 0.15) is 201 Å². The quantitative estimate of drug-likeness (QED) is 0.0199. The highest BCUT2D eigenvalue weighted by Crippen LogP contribution is 2.13. The molecule has 0 fully saturated rings. The number of hydrogen-bond donors (Lipinski definition) is 0. The molecule has 0 aromatic rings. The third-order valence-corrected chi connectivity index (χ3v) is 10.2. The summed E-state index contributed by atoms with van der Waals surface area (Å²) in [6.45, 7) is 6.24. The molecule has 1 unspecified atom stereocenters. The Labute approximate surface area is 398 Å². The summed E-state index contributed by atoms with van der Waals surface area (Å²) < 4.78 is 16.7. The fraction of sp³-hybridized carbons (Fsp3) is 0.576. The molecule has 0 heterocycles. The number of allylic oxidation sites excluding steroid dienone is 22. The van der Waals surface area contributed by atoms with Crippen LogP contribution in [0.15, 0.2) is 134 Å². The Morgan fingerprint density at radius 2 is 0.708 bits per heavy atom. The number of esters is 3. The topological polar surface area (TPSA) is 78.9 Å². The van der Waals surface area contributed by atoms with Crippen LogP contribution in [0.2, 0.25) is 0 Å². The first-order chi connectivity index (χ1) is 32.0. The second kappa shape index (κ2) is 52.2. The first kappa shape index (κ1) is 60.6. The van der Waals surface area contributed by atoms with E-state index in [1.54, 1.807) is 0 Å². The number of carbonyl (C=O) groups excluding carboxylic acids is 3. The molecular weight excluding hydrogens is 805 g/mol. The van der Waals surface area contributed by atoms with Crippen LogP contribution in [0.25, 0.3) is 0 Å². The molecule has 0 amide bonds. The lowest BCUT2D eigenvalue weighted by molar-refractivity contribution is -0.166. The third kappa shape index (κ3) is 50.4. The van der Waals surface area contributed by atoms with Crippen LogP contribution < -0.4 is 0 Å². The molecule has 0 rings (SSSR count). The fourth-order valence-electron chi connectivity index (χ4n) is 6.41. The monoisotopic (exact) mass is 897 g/mol. The largest absolute Gasteiger partial charge is 0.462 e. The Kier molecular flexibility index (Phi) is 48.6. The van der Waals surface area contributed by atoms with Crippen molar-refractivity contribution in [2.75, 3.05) is 13.2 Å². The molecule has 364 valence electrons. The van der Waals surface area contributed by atoms with Crippen molar-refractivity contribution in [1.29, 1.82) is 0 Å². The van der Waals surface area contributed by atoms with Crippen LogP contribution in [0.4, 0.5) is 0 Å². The molecule has 0 aliphatic rings. The van der Waals surface area contributed by atoms with Gasteiger partial charge in [-0.2, -0.15) is 0 Å². The maximum Gasteiger partial charge on any atom is 0.306 e. The Morgan fingerprint density at radius 1 is 0.338 bits per heavy atom. The highest BCUT2D eigenvalue weighted by molar-refractivity contribution is 5.71. The molecule has 0 aromatic carbocycles. The Hall–Kier alpha value is -4.45. The summed E-state index contributed by atoms with van der Waals surface area (Å²) in [5.41, 5.74) is 0. The predicted molar refractivity (Wildman–Crippen MR) is 279 cm³/mol. The van der Waals surface area contributed by atoms with Gasteiger partial charge in [-0.15, -0.1) is 0 Å². The lowest BCUT2D eigenvalue weighted by Gasteiger charge is -2.18. The molecule has 6 nitrogen and oxygen atoms in total. The van der Waals surface area contributed by atoms with Gasteiger partial charge in [-0.05, 0) is 103 Å². The van der Waals surface area contributed by atoms with Gasteiger partial charge in [0.1, 0.15) is 13.2 Å². The molecule has 0 aliphatic carbocycles. The van der Waals surface area contributed by atoms with E-state index < -0.39 is 6.10 Å². The third-order valence-electron chi connectivity index (χ3n) is 10.2. The van der Waals surface area contributed by atoms with Gasteiger partial charge in [-0.25, -0.2) is 0 Å². The van der Waals surface area contributed by atoms with Gasteiger partial charge in [0.15, 0.2) is 6.10 Å². The van der Waals surface area contributed by atoms with Gasteiger partial charge in [0.2, 0.25) is 0 Å². The highest BCUT2D eigenvalue weighted by atomic mass is 16.6. The lowest BCUT2D eigenvalue weighted by Crippen LogP contribution is -2.30. The number of rotatable bonds is 44. The maximum absolute atomic E-state index is 12.8. The van der Waals surface area contributed by atoms with Gasteiger partial charge in [0, 0.05) is 19.3 Å². The van der Waals surface area contributed by atoms with E-state index in [1.807, 2.05) is 48.6 Å². The smallest absolute Gasteiger partial charge is 0.306 e. The van der Waals surface area contributed by atoms with Gasteiger partial charge in [-0.3, -0.25) is 14.4 Å². The van der Waals surface area contributed by atoms with Gasteiger partial charge in [-0.1, -0.05) is 212 Å².